The van der Waals surface area contributed by atoms with Crippen LogP contribution in [-0.4, -0.2) is 10.8 Å². The zero-order valence-corrected chi connectivity index (χ0v) is 13.5. The average Bonchev–Trinajstić information content (AvgIpc) is 2.54. The quantitative estimate of drug-likeness (QED) is 0.644. The van der Waals surface area contributed by atoms with Gasteiger partial charge in [-0.05, 0) is 43.0 Å². The summed E-state index contributed by atoms with van der Waals surface area (Å²) in [6.07, 6.45) is 1.05. The lowest BCUT2D eigenvalue weighted by atomic mass is 9.98. The predicted molar refractivity (Wildman–Crippen MR) is 90.9 cm³/mol. The maximum atomic E-state index is 12.4. The maximum Gasteiger partial charge on any atom is 0.273 e. The van der Waals surface area contributed by atoms with Gasteiger partial charge in [0.05, 0.1) is 4.92 Å². The van der Waals surface area contributed by atoms with Gasteiger partial charge in [-0.15, -0.1) is 0 Å². The lowest BCUT2D eigenvalue weighted by Gasteiger charge is -2.11. The Morgan fingerprint density at radius 3 is 2.43 bits per heavy atom. The van der Waals surface area contributed by atoms with Crippen molar-refractivity contribution in [1.82, 2.24) is 0 Å². The second-order valence-corrected chi connectivity index (χ2v) is 5.59. The Morgan fingerprint density at radius 2 is 1.87 bits per heavy atom. The van der Waals surface area contributed by atoms with Crippen molar-refractivity contribution in [3.63, 3.8) is 0 Å². The van der Waals surface area contributed by atoms with Crippen LogP contribution in [0.15, 0.2) is 42.5 Å². The smallest absolute Gasteiger partial charge is 0.273 e. The molecule has 23 heavy (non-hydrogen) atoms. The second kappa shape index (κ2) is 7.05. The van der Waals surface area contributed by atoms with Crippen molar-refractivity contribution in [1.29, 1.82) is 0 Å². The molecule has 2 aromatic rings. The Kier molecular flexibility index (Phi) is 5.11. The highest BCUT2D eigenvalue weighted by atomic mass is 16.6. The first-order valence-corrected chi connectivity index (χ1v) is 7.59. The fraction of sp³-hybridized carbons (Fsp3) is 0.278. The fourth-order valence-corrected chi connectivity index (χ4v) is 2.40. The molecule has 0 saturated carbocycles. The summed E-state index contributed by atoms with van der Waals surface area (Å²) >= 11 is 0. The van der Waals surface area contributed by atoms with E-state index in [0.717, 1.165) is 6.42 Å². The largest absolute Gasteiger partial charge is 0.322 e. The third-order valence-electron chi connectivity index (χ3n) is 4.10. The summed E-state index contributed by atoms with van der Waals surface area (Å²) in [5.74, 6) is 0.126. The standard InChI is InChI=1S/C18H20N2O3/c1-4-12(2)14-8-10-15(11-9-14)19-18(21)16-6-5-7-17(13(16)3)20(22)23/h5-12H,4H2,1-3H3,(H,19,21)/t12-/m1/s1. The van der Waals surface area contributed by atoms with E-state index in [1.165, 1.54) is 17.7 Å². The van der Waals surface area contributed by atoms with Gasteiger partial charge in [-0.2, -0.15) is 0 Å². The molecule has 0 bridgehead atoms. The molecule has 5 nitrogen and oxygen atoms in total. The molecular formula is C18H20N2O3. The Labute approximate surface area is 135 Å². The van der Waals surface area contributed by atoms with Crippen molar-refractivity contribution in [2.75, 3.05) is 5.32 Å². The fourth-order valence-electron chi connectivity index (χ4n) is 2.40. The number of carbonyl (C=O) groups is 1. The van der Waals surface area contributed by atoms with Crippen LogP contribution in [0, 0.1) is 17.0 Å². The number of benzene rings is 2. The zero-order chi connectivity index (χ0) is 17.0. The van der Waals surface area contributed by atoms with Crippen LogP contribution in [0.1, 0.15) is 47.7 Å². The van der Waals surface area contributed by atoms with Gasteiger partial charge >= 0.3 is 0 Å². The minimum absolute atomic E-state index is 0.0511. The van der Waals surface area contributed by atoms with E-state index < -0.39 is 4.92 Å². The van der Waals surface area contributed by atoms with Gasteiger partial charge in [-0.1, -0.05) is 32.0 Å². The monoisotopic (exact) mass is 312 g/mol. The Bertz CT molecular complexity index is 724. The summed E-state index contributed by atoms with van der Waals surface area (Å²) in [4.78, 5) is 22.8. The number of nitro groups is 1. The van der Waals surface area contributed by atoms with E-state index >= 15 is 0 Å². The number of amides is 1. The van der Waals surface area contributed by atoms with Crippen LogP contribution in [0.3, 0.4) is 0 Å². The summed E-state index contributed by atoms with van der Waals surface area (Å²) in [5.41, 5.74) is 2.52. The molecule has 1 atom stereocenters. The molecule has 0 aliphatic carbocycles. The van der Waals surface area contributed by atoms with Crippen LogP contribution >= 0.6 is 0 Å². The molecule has 5 heteroatoms. The number of hydrogen-bond donors (Lipinski definition) is 1. The van der Waals surface area contributed by atoms with Crippen molar-refractivity contribution in [3.05, 3.63) is 69.3 Å². The third kappa shape index (κ3) is 3.74. The molecule has 120 valence electrons. The van der Waals surface area contributed by atoms with Crippen LogP contribution in [0.2, 0.25) is 0 Å². The molecule has 0 unspecified atom stereocenters. The van der Waals surface area contributed by atoms with Gasteiger partial charge in [0.1, 0.15) is 0 Å². The molecule has 1 N–H and O–H groups in total. The first-order chi connectivity index (χ1) is 10.9. The molecule has 0 aliphatic rings. The lowest BCUT2D eigenvalue weighted by molar-refractivity contribution is -0.385. The van der Waals surface area contributed by atoms with Gasteiger partial charge in [-0.25, -0.2) is 0 Å². The Hall–Kier alpha value is -2.69. The number of nitro benzene ring substituents is 1. The summed E-state index contributed by atoms with van der Waals surface area (Å²) in [6.45, 7) is 5.87. The molecule has 2 rings (SSSR count). The highest BCUT2D eigenvalue weighted by Crippen LogP contribution is 2.23. The van der Waals surface area contributed by atoms with Crippen molar-refractivity contribution in [2.24, 2.45) is 0 Å². The number of carbonyl (C=O) groups excluding carboxylic acids is 1. The molecule has 1 amide bonds. The van der Waals surface area contributed by atoms with Crippen molar-refractivity contribution in [3.8, 4) is 0 Å². The molecule has 0 radical (unpaired) electrons. The normalized spacial score (nSPS) is 11.8. The van der Waals surface area contributed by atoms with Crippen LogP contribution in [0.5, 0.6) is 0 Å². The molecule has 0 aromatic heterocycles. The summed E-state index contributed by atoms with van der Waals surface area (Å²) < 4.78 is 0. The van der Waals surface area contributed by atoms with E-state index in [-0.39, 0.29) is 11.6 Å². The number of nitrogens with zero attached hydrogens (tertiary/aromatic N) is 1. The SMILES string of the molecule is CC[C@@H](C)c1ccc(NC(=O)c2cccc([N+](=O)[O-])c2C)cc1. The predicted octanol–water partition coefficient (Wildman–Crippen LogP) is 4.67. The van der Waals surface area contributed by atoms with Crippen LogP contribution < -0.4 is 5.32 Å². The topological polar surface area (TPSA) is 72.2 Å². The van der Waals surface area contributed by atoms with Crippen molar-refractivity contribution < 1.29 is 9.72 Å². The van der Waals surface area contributed by atoms with Crippen LogP contribution in [0.25, 0.3) is 0 Å². The highest BCUT2D eigenvalue weighted by molar-refractivity contribution is 6.05. The van der Waals surface area contributed by atoms with E-state index in [0.29, 0.717) is 22.7 Å². The lowest BCUT2D eigenvalue weighted by Crippen LogP contribution is -2.14. The van der Waals surface area contributed by atoms with E-state index in [2.05, 4.69) is 19.2 Å². The number of nitrogens with one attached hydrogen (secondary N) is 1. The molecule has 0 aliphatic heterocycles. The third-order valence-corrected chi connectivity index (χ3v) is 4.10. The van der Waals surface area contributed by atoms with Gasteiger partial charge in [0.2, 0.25) is 0 Å². The summed E-state index contributed by atoms with van der Waals surface area (Å²) in [7, 11) is 0. The zero-order valence-electron chi connectivity index (χ0n) is 13.5. The minimum Gasteiger partial charge on any atom is -0.322 e. The van der Waals surface area contributed by atoms with E-state index in [1.807, 2.05) is 24.3 Å². The molecular weight excluding hydrogens is 292 g/mol. The van der Waals surface area contributed by atoms with Crippen LogP contribution in [0.4, 0.5) is 11.4 Å². The Balaban J connectivity index is 2.19. The number of hydrogen-bond acceptors (Lipinski definition) is 3. The van der Waals surface area contributed by atoms with Crippen molar-refractivity contribution >= 4 is 17.3 Å². The summed E-state index contributed by atoms with van der Waals surface area (Å²) in [5, 5.41) is 13.7. The van der Waals surface area contributed by atoms with Crippen LogP contribution in [-0.2, 0) is 0 Å². The minimum atomic E-state index is -0.479. The van der Waals surface area contributed by atoms with E-state index in [4.69, 9.17) is 0 Å². The van der Waals surface area contributed by atoms with Crippen molar-refractivity contribution in [2.45, 2.75) is 33.1 Å². The van der Waals surface area contributed by atoms with Gasteiger partial charge in [-0.3, -0.25) is 14.9 Å². The molecule has 0 heterocycles. The maximum absolute atomic E-state index is 12.4. The van der Waals surface area contributed by atoms with Gasteiger partial charge in [0.15, 0.2) is 0 Å². The van der Waals surface area contributed by atoms with Gasteiger partial charge in [0.25, 0.3) is 11.6 Å². The average molecular weight is 312 g/mol. The molecule has 2 aromatic carbocycles. The summed E-state index contributed by atoms with van der Waals surface area (Å²) in [6, 6.07) is 12.2. The molecule has 0 fully saturated rings. The first kappa shape index (κ1) is 16.7. The first-order valence-electron chi connectivity index (χ1n) is 7.59. The molecule has 0 saturated heterocycles. The highest BCUT2D eigenvalue weighted by Gasteiger charge is 2.18. The van der Waals surface area contributed by atoms with Gasteiger partial charge < -0.3 is 5.32 Å². The van der Waals surface area contributed by atoms with E-state index in [1.54, 1.807) is 13.0 Å². The second-order valence-electron chi connectivity index (χ2n) is 5.59. The number of anilines is 1. The Morgan fingerprint density at radius 1 is 1.22 bits per heavy atom. The molecule has 0 spiro atoms. The van der Waals surface area contributed by atoms with E-state index in [9.17, 15) is 14.9 Å². The number of rotatable bonds is 5. The van der Waals surface area contributed by atoms with Gasteiger partial charge in [0, 0.05) is 22.9 Å².